The Balaban J connectivity index is 1.66. The number of rotatable bonds is 0. The Kier molecular flexibility index (Phi) is 5.63. The standard InChI is InChI=1S/C21H36O/c22-19-17-20(18-21(19)15-11-8-12-16-21)13-9-6-4-2-1-3-5-7-10-14-20/h1-18H2. The third-order valence-corrected chi connectivity index (χ3v) is 7.07. The van der Waals surface area contributed by atoms with E-state index >= 15 is 0 Å². The van der Waals surface area contributed by atoms with E-state index in [2.05, 4.69) is 0 Å². The van der Waals surface area contributed by atoms with Gasteiger partial charge in [0, 0.05) is 11.8 Å². The van der Waals surface area contributed by atoms with Gasteiger partial charge in [0.15, 0.2) is 0 Å². The van der Waals surface area contributed by atoms with Gasteiger partial charge in [0.05, 0.1) is 0 Å². The Labute approximate surface area is 137 Å². The summed E-state index contributed by atoms with van der Waals surface area (Å²) in [6, 6.07) is 0. The Bertz CT molecular complexity index is 352. The highest BCUT2D eigenvalue weighted by atomic mass is 16.1. The van der Waals surface area contributed by atoms with E-state index in [4.69, 9.17) is 0 Å². The molecule has 3 aliphatic carbocycles. The lowest BCUT2D eigenvalue weighted by molar-refractivity contribution is -0.127. The lowest BCUT2D eigenvalue weighted by Crippen LogP contribution is -2.29. The van der Waals surface area contributed by atoms with Crippen LogP contribution in [0, 0.1) is 10.8 Å². The number of Topliss-reactive ketones (excluding diaryl/α,β-unsaturated/α-hetero) is 1. The number of carbonyl (C=O) groups excluding carboxylic acids is 1. The fourth-order valence-electron chi connectivity index (χ4n) is 5.81. The first-order chi connectivity index (χ1) is 10.7. The quantitative estimate of drug-likeness (QED) is 0.493. The Hall–Kier alpha value is -0.330. The molecule has 3 aliphatic rings. The summed E-state index contributed by atoms with van der Waals surface area (Å²) in [7, 11) is 0. The molecule has 0 N–H and O–H groups in total. The second kappa shape index (κ2) is 7.49. The number of carbonyl (C=O) groups is 1. The van der Waals surface area contributed by atoms with Crippen molar-refractivity contribution in [3.63, 3.8) is 0 Å². The monoisotopic (exact) mass is 304 g/mol. The Morgan fingerprint density at radius 1 is 0.545 bits per heavy atom. The van der Waals surface area contributed by atoms with Crippen LogP contribution >= 0.6 is 0 Å². The maximum atomic E-state index is 12.9. The summed E-state index contributed by atoms with van der Waals surface area (Å²) < 4.78 is 0. The largest absolute Gasteiger partial charge is 0.299 e. The molecule has 2 spiro atoms. The van der Waals surface area contributed by atoms with Crippen LogP contribution in [-0.4, -0.2) is 5.78 Å². The minimum atomic E-state index is 0.134. The van der Waals surface area contributed by atoms with Crippen LogP contribution in [0.5, 0.6) is 0 Å². The molecule has 0 amide bonds. The van der Waals surface area contributed by atoms with Crippen LogP contribution < -0.4 is 0 Å². The maximum absolute atomic E-state index is 12.9. The van der Waals surface area contributed by atoms with Crippen molar-refractivity contribution < 1.29 is 4.79 Å². The molecule has 0 heterocycles. The average Bonchev–Trinajstić information content (AvgIpc) is 2.77. The second-order valence-electron chi connectivity index (χ2n) is 8.80. The third kappa shape index (κ3) is 3.77. The van der Waals surface area contributed by atoms with Crippen molar-refractivity contribution in [2.24, 2.45) is 10.8 Å². The molecule has 0 unspecified atom stereocenters. The Morgan fingerprint density at radius 2 is 0.955 bits per heavy atom. The van der Waals surface area contributed by atoms with Gasteiger partial charge < -0.3 is 0 Å². The molecule has 0 aromatic heterocycles. The van der Waals surface area contributed by atoms with E-state index in [0.717, 1.165) is 6.42 Å². The van der Waals surface area contributed by atoms with E-state index in [-0.39, 0.29) is 5.41 Å². The lowest BCUT2D eigenvalue weighted by Gasteiger charge is -2.36. The zero-order valence-corrected chi connectivity index (χ0v) is 14.6. The highest BCUT2D eigenvalue weighted by Gasteiger charge is 2.53. The fraction of sp³-hybridized carbons (Fsp3) is 0.952. The fourth-order valence-corrected chi connectivity index (χ4v) is 5.81. The molecule has 0 aliphatic heterocycles. The van der Waals surface area contributed by atoms with Crippen molar-refractivity contribution in [1.29, 1.82) is 0 Å². The van der Waals surface area contributed by atoms with Crippen LogP contribution in [0.2, 0.25) is 0 Å². The highest BCUT2D eigenvalue weighted by molar-refractivity contribution is 5.88. The molecule has 3 rings (SSSR count). The van der Waals surface area contributed by atoms with Gasteiger partial charge in [-0.2, -0.15) is 0 Å². The summed E-state index contributed by atoms with van der Waals surface area (Å²) in [5, 5.41) is 0. The first-order valence-electron chi connectivity index (χ1n) is 10.3. The van der Waals surface area contributed by atoms with Crippen LogP contribution in [0.25, 0.3) is 0 Å². The zero-order chi connectivity index (χ0) is 15.3. The van der Waals surface area contributed by atoms with Gasteiger partial charge in [-0.05, 0) is 37.5 Å². The molecule has 0 aromatic carbocycles. The normalized spacial score (nSPS) is 30.1. The number of hydrogen-bond donors (Lipinski definition) is 0. The zero-order valence-electron chi connectivity index (χ0n) is 14.6. The van der Waals surface area contributed by atoms with Crippen molar-refractivity contribution in [3.8, 4) is 0 Å². The lowest BCUT2D eigenvalue weighted by atomic mass is 9.68. The van der Waals surface area contributed by atoms with Gasteiger partial charge in [0.2, 0.25) is 0 Å². The SMILES string of the molecule is O=C1CC2(CCCCCCCCCCC2)CC12CCCCC2. The van der Waals surface area contributed by atoms with Gasteiger partial charge >= 0.3 is 0 Å². The van der Waals surface area contributed by atoms with Gasteiger partial charge in [0.1, 0.15) is 5.78 Å². The molecule has 0 aromatic rings. The van der Waals surface area contributed by atoms with Crippen molar-refractivity contribution in [1.82, 2.24) is 0 Å². The smallest absolute Gasteiger partial charge is 0.139 e. The van der Waals surface area contributed by atoms with E-state index in [1.54, 1.807) is 0 Å². The van der Waals surface area contributed by atoms with Crippen molar-refractivity contribution in [2.45, 2.75) is 116 Å². The molecular weight excluding hydrogens is 268 g/mol. The van der Waals surface area contributed by atoms with Crippen molar-refractivity contribution in [3.05, 3.63) is 0 Å². The van der Waals surface area contributed by atoms with E-state index in [1.165, 1.54) is 109 Å². The Morgan fingerprint density at radius 3 is 1.50 bits per heavy atom. The van der Waals surface area contributed by atoms with E-state index in [1.807, 2.05) is 0 Å². The summed E-state index contributed by atoms with van der Waals surface area (Å²) in [6.45, 7) is 0. The topological polar surface area (TPSA) is 17.1 Å². The number of ketones is 1. The van der Waals surface area contributed by atoms with Crippen molar-refractivity contribution in [2.75, 3.05) is 0 Å². The minimum absolute atomic E-state index is 0.134. The summed E-state index contributed by atoms with van der Waals surface area (Å²) in [6.07, 6.45) is 24.1. The predicted molar refractivity (Wildman–Crippen MR) is 93.0 cm³/mol. The van der Waals surface area contributed by atoms with Crippen LogP contribution in [0.3, 0.4) is 0 Å². The van der Waals surface area contributed by atoms with Gasteiger partial charge in [0.25, 0.3) is 0 Å². The van der Waals surface area contributed by atoms with Gasteiger partial charge in [-0.3, -0.25) is 4.79 Å². The molecule has 22 heavy (non-hydrogen) atoms. The van der Waals surface area contributed by atoms with Gasteiger partial charge in [-0.15, -0.1) is 0 Å². The van der Waals surface area contributed by atoms with Crippen molar-refractivity contribution >= 4 is 5.78 Å². The molecule has 0 saturated heterocycles. The molecule has 126 valence electrons. The molecule has 3 saturated carbocycles. The summed E-state index contributed by atoms with van der Waals surface area (Å²) in [5.41, 5.74) is 0.545. The number of hydrogen-bond acceptors (Lipinski definition) is 1. The highest BCUT2D eigenvalue weighted by Crippen LogP contribution is 2.58. The van der Waals surface area contributed by atoms with Crippen LogP contribution in [0.4, 0.5) is 0 Å². The molecule has 1 nitrogen and oxygen atoms in total. The van der Waals surface area contributed by atoms with Gasteiger partial charge in [-0.25, -0.2) is 0 Å². The van der Waals surface area contributed by atoms with E-state index in [9.17, 15) is 4.79 Å². The van der Waals surface area contributed by atoms with Crippen LogP contribution in [0.1, 0.15) is 116 Å². The third-order valence-electron chi connectivity index (χ3n) is 7.07. The first-order valence-corrected chi connectivity index (χ1v) is 10.3. The van der Waals surface area contributed by atoms with Gasteiger partial charge in [-0.1, -0.05) is 77.0 Å². The van der Waals surface area contributed by atoms with Crippen LogP contribution in [0.15, 0.2) is 0 Å². The maximum Gasteiger partial charge on any atom is 0.139 e. The molecule has 3 fully saturated rings. The van der Waals surface area contributed by atoms with Crippen LogP contribution in [-0.2, 0) is 4.79 Å². The average molecular weight is 305 g/mol. The first kappa shape index (κ1) is 16.5. The molecule has 0 radical (unpaired) electrons. The summed E-state index contributed by atoms with van der Waals surface area (Å²) in [5.74, 6) is 0.666. The van der Waals surface area contributed by atoms with E-state index in [0.29, 0.717) is 11.2 Å². The molecule has 1 heteroatoms. The second-order valence-corrected chi connectivity index (χ2v) is 8.80. The van der Waals surface area contributed by atoms with E-state index < -0.39 is 0 Å². The summed E-state index contributed by atoms with van der Waals surface area (Å²) in [4.78, 5) is 12.9. The molecule has 0 atom stereocenters. The molecular formula is C21H36O. The molecule has 0 bridgehead atoms. The summed E-state index contributed by atoms with van der Waals surface area (Å²) >= 11 is 0. The minimum Gasteiger partial charge on any atom is -0.299 e. The predicted octanol–water partition coefficient (Wildman–Crippen LogP) is 6.59.